The van der Waals surface area contributed by atoms with Crippen molar-refractivity contribution in [3.05, 3.63) is 55.4 Å². The summed E-state index contributed by atoms with van der Waals surface area (Å²) in [6.45, 7) is 4.05. The molecule has 1 heterocycles. The molecule has 0 aliphatic heterocycles. The van der Waals surface area contributed by atoms with Gasteiger partial charge in [0.15, 0.2) is 0 Å². The molecule has 0 saturated heterocycles. The number of aryl methyl sites for hydroxylation is 2. The van der Waals surface area contributed by atoms with E-state index in [-0.39, 0.29) is 11.9 Å². The molecule has 0 amide bonds. The second-order valence-corrected chi connectivity index (χ2v) is 6.92. The van der Waals surface area contributed by atoms with Gasteiger partial charge in [-0.2, -0.15) is 0 Å². The van der Waals surface area contributed by atoms with Gasteiger partial charge in [0.1, 0.15) is 5.82 Å². The van der Waals surface area contributed by atoms with Crippen LogP contribution in [-0.4, -0.2) is 7.05 Å². The SMILES string of the molecule is CNC(c1ccc(F)cc1C)c1cc(Br)sc1C. The van der Waals surface area contributed by atoms with Gasteiger partial charge in [0.05, 0.1) is 9.83 Å². The summed E-state index contributed by atoms with van der Waals surface area (Å²) in [6.07, 6.45) is 0. The van der Waals surface area contributed by atoms with E-state index < -0.39 is 0 Å². The van der Waals surface area contributed by atoms with E-state index in [9.17, 15) is 4.39 Å². The Morgan fingerprint density at radius 1 is 1.22 bits per heavy atom. The Balaban J connectivity index is 2.48. The van der Waals surface area contributed by atoms with Gasteiger partial charge in [-0.15, -0.1) is 11.3 Å². The van der Waals surface area contributed by atoms with Gasteiger partial charge in [-0.25, -0.2) is 4.39 Å². The minimum atomic E-state index is -0.186. The van der Waals surface area contributed by atoms with E-state index in [1.54, 1.807) is 17.4 Å². The van der Waals surface area contributed by atoms with Crippen molar-refractivity contribution in [2.45, 2.75) is 19.9 Å². The molecule has 1 aromatic carbocycles. The van der Waals surface area contributed by atoms with Crippen molar-refractivity contribution in [3.8, 4) is 0 Å². The summed E-state index contributed by atoms with van der Waals surface area (Å²) in [5.41, 5.74) is 3.33. The molecule has 0 radical (unpaired) electrons. The molecule has 4 heteroatoms. The number of hydrogen-bond donors (Lipinski definition) is 1. The quantitative estimate of drug-likeness (QED) is 0.870. The lowest BCUT2D eigenvalue weighted by Crippen LogP contribution is -2.18. The summed E-state index contributed by atoms with van der Waals surface area (Å²) >= 11 is 5.23. The second-order valence-electron chi connectivity index (χ2n) is 4.28. The van der Waals surface area contributed by atoms with Crippen LogP contribution in [0.25, 0.3) is 0 Å². The summed E-state index contributed by atoms with van der Waals surface area (Å²) in [5.74, 6) is -0.186. The zero-order chi connectivity index (χ0) is 13.3. The van der Waals surface area contributed by atoms with E-state index >= 15 is 0 Å². The van der Waals surface area contributed by atoms with Gasteiger partial charge >= 0.3 is 0 Å². The van der Waals surface area contributed by atoms with Gasteiger partial charge in [0, 0.05) is 4.88 Å². The smallest absolute Gasteiger partial charge is 0.123 e. The zero-order valence-electron chi connectivity index (χ0n) is 10.6. The normalized spacial score (nSPS) is 12.7. The molecule has 1 atom stereocenters. The van der Waals surface area contributed by atoms with Gasteiger partial charge in [-0.05, 0) is 71.7 Å². The van der Waals surface area contributed by atoms with Crippen LogP contribution in [0, 0.1) is 19.7 Å². The molecule has 2 rings (SSSR count). The maximum Gasteiger partial charge on any atom is 0.123 e. The first-order valence-electron chi connectivity index (χ1n) is 5.72. The molecule has 96 valence electrons. The number of thiophene rings is 1. The minimum absolute atomic E-state index is 0.105. The van der Waals surface area contributed by atoms with E-state index in [0.29, 0.717) is 0 Å². The standard InChI is InChI=1S/C14H15BrFNS/c1-8-6-10(16)4-5-11(8)14(17-3)12-7-13(15)18-9(12)2/h4-7,14,17H,1-3H3. The van der Waals surface area contributed by atoms with Crippen molar-refractivity contribution >= 4 is 27.3 Å². The predicted molar refractivity (Wildman–Crippen MR) is 78.8 cm³/mol. The van der Waals surface area contributed by atoms with Gasteiger partial charge in [0.25, 0.3) is 0 Å². The molecule has 0 spiro atoms. The molecule has 1 N–H and O–H groups in total. The van der Waals surface area contributed by atoms with Crippen LogP contribution in [0.5, 0.6) is 0 Å². The first kappa shape index (κ1) is 13.7. The molecule has 0 bridgehead atoms. The lowest BCUT2D eigenvalue weighted by atomic mass is 9.95. The summed E-state index contributed by atoms with van der Waals surface area (Å²) in [6, 6.07) is 7.19. The zero-order valence-corrected chi connectivity index (χ0v) is 13.0. The van der Waals surface area contributed by atoms with Crippen molar-refractivity contribution in [3.63, 3.8) is 0 Å². The molecular formula is C14H15BrFNS. The molecule has 1 nitrogen and oxygen atoms in total. The molecular weight excluding hydrogens is 313 g/mol. The first-order valence-corrected chi connectivity index (χ1v) is 7.33. The fourth-order valence-electron chi connectivity index (χ4n) is 2.19. The summed E-state index contributed by atoms with van der Waals surface area (Å²) in [4.78, 5) is 1.27. The highest BCUT2D eigenvalue weighted by molar-refractivity contribution is 9.11. The lowest BCUT2D eigenvalue weighted by molar-refractivity contribution is 0.621. The Morgan fingerprint density at radius 2 is 1.94 bits per heavy atom. The van der Waals surface area contributed by atoms with Gasteiger partial charge in [-0.3, -0.25) is 0 Å². The third-order valence-corrected chi connectivity index (χ3v) is 4.64. The Hall–Kier alpha value is -0.710. The van der Waals surface area contributed by atoms with E-state index in [1.807, 2.05) is 20.0 Å². The van der Waals surface area contributed by atoms with Crippen molar-refractivity contribution < 1.29 is 4.39 Å². The van der Waals surface area contributed by atoms with Crippen LogP contribution in [0.3, 0.4) is 0 Å². The Bertz CT molecular complexity index is 565. The number of benzene rings is 1. The van der Waals surface area contributed by atoms with E-state index in [2.05, 4.69) is 34.2 Å². The maximum absolute atomic E-state index is 13.2. The second kappa shape index (κ2) is 5.51. The maximum atomic E-state index is 13.2. The number of rotatable bonds is 3. The van der Waals surface area contributed by atoms with Crippen LogP contribution in [-0.2, 0) is 0 Å². The summed E-state index contributed by atoms with van der Waals surface area (Å²) in [7, 11) is 1.93. The van der Waals surface area contributed by atoms with E-state index in [4.69, 9.17) is 0 Å². The number of halogens is 2. The van der Waals surface area contributed by atoms with Gasteiger partial charge < -0.3 is 5.32 Å². The van der Waals surface area contributed by atoms with E-state index in [0.717, 1.165) is 14.9 Å². The van der Waals surface area contributed by atoms with Gasteiger partial charge in [-0.1, -0.05) is 6.07 Å². The molecule has 1 unspecified atom stereocenters. The molecule has 18 heavy (non-hydrogen) atoms. The molecule has 2 aromatic rings. The van der Waals surface area contributed by atoms with Crippen LogP contribution in [0.15, 0.2) is 28.1 Å². The highest BCUT2D eigenvalue weighted by Crippen LogP contribution is 2.34. The monoisotopic (exact) mass is 327 g/mol. The topological polar surface area (TPSA) is 12.0 Å². The largest absolute Gasteiger partial charge is 0.309 e. The Kier molecular flexibility index (Phi) is 4.20. The van der Waals surface area contributed by atoms with Gasteiger partial charge in [0.2, 0.25) is 0 Å². The number of nitrogens with one attached hydrogen (secondary N) is 1. The van der Waals surface area contributed by atoms with Crippen LogP contribution >= 0.6 is 27.3 Å². The summed E-state index contributed by atoms with van der Waals surface area (Å²) in [5, 5.41) is 3.31. The van der Waals surface area contributed by atoms with Crippen LogP contribution < -0.4 is 5.32 Å². The minimum Gasteiger partial charge on any atom is -0.309 e. The third kappa shape index (κ3) is 2.66. The highest BCUT2D eigenvalue weighted by atomic mass is 79.9. The fraction of sp³-hybridized carbons (Fsp3) is 0.286. The molecule has 0 saturated carbocycles. The van der Waals surface area contributed by atoms with Crippen molar-refractivity contribution in [2.24, 2.45) is 0 Å². The lowest BCUT2D eigenvalue weighted by Gasteiger charge is -2.19. The average Bonchev–Trinajstić information content (AvgIpc) is 2.62. The highest BCUT2D eigenvalue weighted by Gasteiger charge is 2.18. The first-order chi connectivity index (χ1) is 8.52. The van der Waals surface area contributed by atoms with Crippen LogP contribution in [0.2, 0.25) is 0 Å². The fourth-order valence-corrected chi connectivity index (χ4v) is 3.93. The third-order valence-electron chi connectivity index (χ3n) is 3.07. The molecule has 0 aliphatic carbocycles. The number of hydrogen-bond acceptors (Lipinski definition) is 2. The molecule has 0 aliphatic rings. The average molecular weight is 328 g/mol. The molecule has 1 aromatic heterocycles. The Labute approximate surface area is 119 Å². The summed E-state index contributed by atoms with van der Waals surface area (Å²) < 4.78 is 14.3. The van der Waals surface area contributed by atoms with Crippen molar-refractivity contribution in [2.75, 3.05) is 7.05 Å². The van der Waals surface area contributed by atoms with Crippen LogP contribution in [0.1, 0.15) is 27.6 Å². The van der Waals surface area contributed by atoms with E-state index in [1.165, 1.54) is 16.5 Å². The Morgan fingerprint density at radius 3 is 2.44 bits per heavy atom. The van der Waals surface area contributed by atoms with Crippen LogP contribution in [0.4, 0.5) is 4.39 Å². The van der Waals surface area contributed by atoms with Crippen molar-refractivity contribution in [1.29, 1.82) is 0 Å². The molecule has 0 fully saturated rings. The predicted octanol–water partition coefficient (Wildman–Crippen LogP) is 4.58. The van der Waals surface area contributed by atoms with Crippen molar-refractivity contribution in [1.82, 2.24) is 5.32 Å².